The molecule has 0 saturated heterocycles. The first-order valence-corrected chi connectivity index (χ1v) is 12.0. The molecule has 7 nitrogen and oxygen atoms in total. The first-order valence-electron chi connectivity index (χ1n) is 10.7. The number of benzene rings is 2. The molecule has 3 rings (SSSR count). The fourth-order valence-electron chi connectivity index (χ4n) is 3.08. The van der Waals surface area contributed by atoms with Gasteiger partial charge in [0.2, 0.25) is 11.9 Å². The smallest absolute Gasteiger partial charge is 0.251 e. The Morgan fingerprint density at radius 2 is 1.76 bits per heavy atom. The number of nitrogens with one attached hydrogen (secondary N) is 2. The number of carbonyl (C=O) groups is 2. The van der Waals surface area contributed by atoms with Crippen LogP contribution in [0.25, 0.3) is 0 Å². The van der Waals surface area contributed by atoms with E-state index in [9.17, 15) is 9.59 Å². The SMILES string of the molecule is CCn1c(NC(=O)CNC(=O)c2ccc(C(C)(C)C)cc2)nnc1SCc1ccccc1Cl. The molecule has 0 unspecified atom stereocenters. The van der Waals surface area contributed by atoms with Gasteiger partial charge in [-0.1, -0.05) is 74.5 Å². The Morgan fingerprint density at radius 3 is 2.39 bits per heavy atom. The fourth-order valence-corrected chi connectivity index (χ4v) is 4.37. The first-order chi connectivity index (χ1) is 15.7. The van der Waals surface area contributed by atoms with Gasteiger partial charge in [-0.05, 0) is 41.7 Å². The van der Waals surface area contributed by atoms with Crippen molar-refractivity contribution in [1.29, 1.82) is 0 Å². The van der Waals surface area contributed by atoms with Gasteiger partial charge in [0.05, 0.1) is 6.54 Å². The summed E-state index contributed by atoms with van der Waals surface area (Å²) in [5, 5.41) is 15.0. The van der Waals surface area contributed by atoms with Gasteiger partial charge in [-0.25, -0.2) is 0 Å². The maximum absolute atomic E-state index is 12.4. The van der Waals surface area contributed by atoms with E-state index in [4.69, 9.17) is 11.6 Å². The molecule has 0 fully saturated rings. The number of thioether (sulfide) groups is 1. The molecule has 1 heterocycles. The number of aromatic nitrogens is 3. The van der Waals surface area contributed by atoms with Crippen molar-refractivity contribution in [3.8, 4) is 0 Å². The van der Waals surface area contributed by atoms with Gasteiger partial charge < -0.3 is 5.32 Å². The lowest BCUT2D eigenvalue weighted by atomic mass is 9.87. The molecule has 33 heavy (non-hydrogen) atoms. The lowest BCUT2D eigenvalue weighted by molar-refractivity contribution is -0.115. The lowest BCUT2D eigenvalue weighted by Gasteiger charge is -2.19. The van der Waals surface area contributed by atoms with Crippen LogP contribution < -0.4 is 10.6 Å². The van der Waals surface area contributed by atoms with E-state index in [0.717, 1.165) is 11.1 Å². The van der Waals surface area contributed by atoms with Crippen LogP contribution in [0.15, 0.2) is 53.7 Å². The molecule has 0 radical (unpaired) electrons. The van der Waals surface area contributed by atoms with Gasteiger partial charge in [-0.2, -0.15) is 0 Å². The summed E-state index contributed by atoms with van der Waals surface area (Å²) in [6.45, 7) is 8.70. The molecular weight excluding hydrogens is 458 g/mol. The highest BCUT2D eigenvalue weighted by atomic mass is 35.5. The van der Waals surface area contributed by atoms with Gasteiger partial charge in [0.15, 0.2) is 5.16 Å². The van der Waals surface area contributed by atoms with Crippen molar-refractivity contribution in [3.63, 3.8) is 0 Å². The van der Waals surface area contributed by atoms with Gasteiger partial charge in [-0.3, -0.25) is 19.5 Å². The quantitative estimate of drug-likeness (QED) is 0.442. The molecule has 2 N–H and O–H groups in total. The number of amides is 2. The Hall–Kier alpha value is -2.84. The van der Waals surface area contributed by atoms with Crippen molar-refractivity contribution in [2.45, 2.75) is 50.6 Å². The van der Waals surface area contributed by atoms with Crippen LogP contribution in [-0.4, -0.2) is 33.1 Å². The predicted molar refractivity (Wildman–Crippen MR) is 133 cm³/mol. The van der Waals surface area contributed by atoms with Gasteiger partial charge in [-0.15, -0.1) is 10.2 Å². The summed E-state index contributed by atoms with van der Waals surface area (Å²) < 4.78 is 1.81. The molecule has 174 valence electrons. The van der Waals surface area contributed by atoms with Crippen LogP contribution >= 0.6 is 23.4 Å². The largest absolute Gasteiger partial charge is 0.343 e. The minimum Gasteiger partial charge on any atom is -0.343 e. The Morgan fingerprint density at radius 1 is 1.06 bits per heavy atom. The summed E-state index contributed by atoms with van der Waals surface area (Å²) in [4.78, 5) is 24.8. The van der Waals surface area contributed by atoms with Crippen molar-refractivity contribution < 1.29 is 9.59 Å². The zero-order valence-corrected chi connectivity index (χ0v) is 20.8. The highest BCUT2D eigenvalue weighted by molar-refractivity contribution is 7.98. The minimum atomic E-state index is -0.376. The number of nitrogens with zero attached hydrogens (tertiary/aromatic N) is 3. The fraction of sp³-hybridized carbons (Fsp3) is 0.333. The molecule has 3 aromatic rings. The van der Waals surface area contributed by atoms with Crippen LogP contribution in [0, 0.1) is 0 Å². The molecule has 2 aromatic carbocycles. The van der Waals surface area contributed by atoms with Crippen molar-refractivity contribution in [3.05, 3.63) is 70.2 Å². The third kappa shape index (κ3) is 6.58. The summed E-state index contributed by atoms with van der Waals surface area (Å²) in [6, 6.07) is 15.0. The van der Waals surface area contributed by atoms with E-state index >= 15 is 0 Å². The third-order valence-electron chi connectivity index (χ3n) is 5.02. The van der Waals surface area contributed by atoms with Gasteiger partial charge >= 0.3 is 0 Å². The van der Waals surface area contributed by atoms with Gasteiger partial charge in [0.1, 0.15) is 0 Å². The minimum absolute atomic E-state index is 0.00855. The van der Waals surface area contributed by atoms with E-state index in [0.29, 0.717) is 34.0 Å². The van der Waals surface area contributed by atoms with E-state index in [2.05, 4.69) is 41.6 Å². The van der Waals surface area contributed by atoms with Crippen molar-refractivity contribution in [1.82, 2.24) is 20.1 Å². The number of hydrogen-bond donors (Lipinski definition) is 2. The molecule has 0 spiro atoms. The number of carbonyl (C=O) groups excluding carboxylic acids is 2. The van der Waals surface area contributed by atoms with Crippen LogP contribution in [0.5, 0.6) is 0 Å². The van der Waals surface area contributed by atoms with Crippen molar-refractivity contribution in [2.24, 2.45) is 0 Å². The zero-order chi connectivity index (χ0) is 24.0. The Balaban J connectivity index is 1.55. The van der Waals surface area contributed by atoms with Crippen molar-refractivity contribution >= 4 is 41.1 Å². The first kappa shape index (κ1) is 24.8. The van der Waals surface area contributed by atoms with Crippen LogP contribution in [0.1, 0.15) is 49.2 Å². The van der Waals surface area contributed by atoms with E-state index in [1.54, 1.807) is 12.1 Å². The molecule has 9 heteroatoms. The maximum Gasteiger partial charge on any atom is 0.251 e. The molecule has 1 aromatic heterocycles. The van der Waals surface area contributed by atoms with Gasteiger partial charge in [0, 0.05) is 22.9 Å². The average molecular weight is 486 g/mol. The molecular formula is C24H28ClN5O2S. The molecule has 0 bridgehead atoms. The second-order valence-electron chi connectivity index (χ2n) is 8.49. The molecule has 0 aliphatic heterocycles. The molecule has 0 aliphatic rings. The summed E-state index contributed by atoms with van der Waals surface area (Å²) in [6.07, 6.45) is 0. The second-order valence-corrected chi connectivity index (χ2v) is 9.84. The third-order valence-corrected chi connectivity index (χ3v) is 6.41. The van der Waals surface area contributed by atoms with Crippen LogP contribution in [0.3, 0.4) is 0 Å². The molecule has 2 amide bonds. The second kappa shape index (κ2) is 10.9. The van der Waals surface area contributed by atoms with E-state index < -0.39 is 0 Å². The summed E-state index contributed by atoms with van der Waals surface area (Å²) >= 11 is 7.71. The zero-order valence-electron chi connectivity index (χ0n) is 19.2. The summed E-state index contributed by atoms with van der Waals surface area (Å²) in [7, 11) is 0. The summed E-state index contributed by atoms with van der Waals surface area (Å²) in [5.74, 6) is 0.293. The predicted octanol–water partition coefficient (Wildman–Crippen LogP) is 4.91. The highest BCUT2D eigenvalue weighted by Crippen LogP contribution is 2.27. The Kier molecular flexibility index (Phi) is 8.15. The van der Waals surface area contributed by atoms with E-state index in [-0.39, 0.29) is 23.8 Å². The van der Waals surface area contributed by atoms with Crippen LogP contribution in [0.2, 0.25) is 5.02 Å². The number of rotatable bonds is 8. The molecule has 0 saturated carbocycles. The Bertz CT molecular complexity index is 1120. The monoisotopic (exact) mass is 485 g/mol. The Labute approximate surface area is 203 Å². The van der Waals surface area contributed by atoms with Crippen LogP contribution in [0.4, 0.5) is 5.95 Å². The van der Waals surface area contributed by atoms with E-state index in [1.807, 2.05) is 47.9 Å². The molecule has 0 aliphatic carbocycles. The number of hydrogen-bond acceptors (Lipinski definition) is 5. The van der Waals surface area contributed by atoms with E-state index in [1.165, 1.54) is 11.8 Å². The molecule has 0 atom stereocenters. The maximum atomic E-state index is 12.4. The number of anilines is 1. The van der Waals surface area contributed by atoms with Crippen LogP contribution in [-0.2, 0) is 22.5 Å². The highest BCUT2D eigenvalue weighted by Gasteiger charge is 2.17. The lowest BCUT2D eigenvalue weighted by Crippen LogP contribution is -2.33. The topological polar surface area (TPSA) is 88.9 Å². The summed E-state index contributed by atoms with van der Waals surface area (Å²) in [5.41, 5.74) is 2.65. The van der Waals surface area contributed by atoms with Crippen molar-refractivity contribution in [2.75, 3.05) is 11.9 Å². The standard InChI is InChI=1S/C24H28ClN5O2S/c1-5-30-22(28-29-23(30)33-15-17-8-6-7-9-19(17)25)27-20(31)14-26-21(32)16-10-12-18(13-11-16)24(2,3)4/h6-13H,5,14-15H2,1-4H3,(H,26,32)(H,27,28,31). The number of halogens is 1. The van der Waals surface area contributed by atoms with Gasteiger partial charge in [0.25, 0.3) is 5.91 Å². The average Bonchev–Trinajstić information content (AvgIpc) is 3.17. The normalized spacial score (nSPS) is 11.3.